The summed E-state index contributed by atoms with van der Waals surface area (Å²) in [5.74, 6) is -0.515. The summed E-state index contributed by atoms with van der Waals surface area (Å²) in [5, 5.41) is 8.10. The normalized spacial score (nSPS) is 11.2. The zero-order chi connectivity index (χ0) is 15.0. The van der Waals surface area contributed by atoms with Crippen molar-refractivity contribution >= 4 is 17.2 Å². The Morgan fingerprint density at radius 3 is 3.00 bits per heavy atom. The molecule has 3 heterocycles. The van der Waals surface area contributed by atoms with Crippen LogP contribution in [0.5, 0.6) is 0 Å². The van der Waals surface area contributed by atoms with Crippen molar-refractivity contribution < 1.29 is 13.6 Å². The maximum Gasteiger partial charge on any atom is 0.281 e. The fraction of sp³-hybridized carbons (Fsp3) is 0.154. The number of hydrogen-bond donors (Lipinski definition) is 2. The average Bonchev–Trinajstić information content (AvgIpc) is 3.05. The number of rotatable bonds is 3. The predicted octanol–water partition coefficient (Wildman–Crippen LogP) is 2.56. The first-order valence-corrected chi connectivity index (χ1v) is 6.13. The summed E-state index contributed by atoms with van der Waals surface area (Å²) in [7, 11) is 0. The summed E-state index contributed by atoms with van der Waals surface area (Å²) in [4.78, 5) is 16.4. The van der Waals surface area contributed by atoms with Crippen molar-refractivity contribution in [3.63, 3.8) is 0 Å². The highest BCUT2D eigenvalue weighted by atomic mass is 19.3. The SMILES string of the molecule is Cc1ccnc2c(C(=O)Nc3cn[nH]c3C(F)F)ccn12. The van der Waals surface area contributed by atoms with Crippen molar-refractivity contribution in [2.45, 2.75) is 13.3 Å². The van der Waals surface area contributed by atoms with E-state index < -0.39 is 18.0 Å². The molecule has 0 saturated carbocycles. The van der Waals surface area contributed by atoms with Gasteiger partial charge in [-0.1, -0.05) is 0 Å². The Balaban J connectivity index is 1.94. The van der Waals surface area contributed by atoms with Crippen LogP contribution in [0.15, 0.2) is 30.7 Å². The fourth-order valence-electron chi connectivity index (χ4n) is 2.07. The second-order valence-electron chi connectivity index (χ2n) is 4.46. The predicted molar refractivity (Wildman–Crippen MR) is 71.4 cm³/mol. The van der Waals surface area contributed by atoms with Crippen molar-refractivity contribution in [1.82, 2.24) is 19.6 Å². The average molecular weight is 291 g/mol. The molecule has 0 bridgehead atoms. The molecule has 3 aromatic heterocycles. The smallest absolute Gasteiger partial charge is 0.281 e. The van der Waals surface area contributed by atoms with Crippen LogP contribution in [0.25, 0.3) is 5.65 Å². The number of hydrogen-bond acceptors (Lipinski definition) is 3. The molecule has 0 aliphatic rings. The van der Waals surface area contributed by atoms with Crippen molar-refractivity contribution in [3.8, 4) is 0 Å². The van der Waals surface area contributed by atoms with E-state index in [2.05, 4.69) is 20.5 Å². The van der Waals surface area contributed by atoms with Gasteiger partial charge in [0.25, 0.3) is 12.3 Å². The van der Waals surface area contributed by atoms with E-state index in [1.807, 2.05) is 6.92 Å². The summed E-state index contributed by atoms with van der Waals surface area (Å²) < 4.78 is 27.2. The van der Waals surface area contributed by atoms with Crippen molar-refractivity contribution in [2.75, 3.05) is 5.32 Å². The van der Waals surface area contributed by atoms with E-state index in [9.17, 15) is 13.6 Å². The summed E-state index contributed by atoms with van der Waals surface area (Å²) in [6, 6.07) is 3.40. The van der Waals surface area contributed by atoms with Gasteiger partial charge >= 0.3 is 0 Å². The number of carbonyl (C=O) groups is 1. The zero-order valence-corrected chi connectivity index (χ0v) is 11.0. The second kappa shape index (κ2) is 4.97. The topological polar surface area (TPSA) is 75.1 Å². The third-order valence-corrected chi connectivity index (χ3v) is 3.13. The monoisotopic (exact) mass is 291 g/mol. The lowest BCUT2D eigenvalue weighted by Crippen LogP contribution is -2.13. The van der Waals surface area contributed by atoms with Crippen LogP contribution in [0.2, 0.25) is 0 Å². The molecule has 1 amide bonds. The quantitative estimate of drug-likeness (QED) is 0.778. The second-order valence-corrected chi connectivity index (χ2v) is 4.46. The van der Waals surface area contributed by atoms with Gasteiger partial charge in [0.2, 0.25) is 0 Å². The molecule has 8 heteroatoms. The maximum atomic E-state index is 12.7. The largest absolute Gasteiger partial charge is 0.319 e. The Morgan fingerprint density at radius 2 is 2.24 bits per heavy atom. The number of halogens is 2. The lowest BCUT2D eigenvalue weighted by molar-refractivity contribution is 0.102. The minimum absolute atomic E-state index is 0.0398. The molecule has 0 aliphatic carbocycles. The molecule has 0 radical (unpaired) electrons. The molecule has 0 aromatic carbocycles. The number of nitrogens with zero attached hydrogens (tertiary/aromatic N) is 3. The zero-order valence-electron chi connectivity index (χ0n) is 11.0. The first kappa shape index (κ1) is 13.2. The standard InChI is InChI=1S/C13H11F2N5O/c1-7-2-4-16-12-8(3-5-20(7)12)13(21)18-9-6-17-19-10(9)11(14)15/h2-6,11H,1H3,(H,17,19)(H,18,21). The van der Waals surface area contributed by atoms with Crippen LogP contribution in [-0.2, 0) is 0 Å². The molecule has 0 aliphatic heterocycles. The summed E-state index contributed by atoms with van der Waals surface area (Å²) in [5.41, 5.74) is 1.23. The molecule has 0 spiro atoms. The highest BCUT2D eigenvalue weighted by Crippen LogP contribution is 2.25. The number of aryl methyl sites for hydroxylation is 1. The van der Waals surface area contributed by atoms with Gasteiger partial charge in [-0.05, 0) is 19.1 Å². The van der Waals surface area contributed by atoms with Gasteiger partial charge < -0.3 is 9.72 Å². The van der Waals surface area contributed by atoms with Crippen LogP contribution in [0.1, 0.15) is 28.2 Å². The van der Waals surface area contributed by atoms with Gasteiger partial charge in [-0.15, -0.1) is 0 Å². The van der Waals surface area contributed by atoms with E-state index in [4.69, 9.17) is 0 Å². The molecule has 0 fully saturated rings. The Hall–Kier alpha value is -2.77. The third kappa shape index (κ3) is 2.24. The number of anilines is 1. The molecule has 3 rings (SSSR count). The molecule has 3 aromatic rings. The van der Waals surface area contributed by atoms with Gasteiger partial charge in [0.1, 0.15) is 11.3 Å². The Morgan fingerprint density at radius 1 is 1.43 bits per heavy atom. The number of H-pyrrole nitrogens is 1. The van der Waals surface area contributed by atoms with E-state index in [0.717, 1.165) is 11.9 Å². The van der Waals surface area contributed by atoms with E-state index in [-0.39, 0.29) is 5.69 Å². The van der Waals surface area contributed by atoms with Crippen molar-refractivity contribution in [3.05, 3.63) is 47.7 Å². The molecule has 2 N–H and O–H groups in total. The highest BCUT2D eigenvalue weighted by Gasteiger charge is 2.19. The minimum Gasteiger partial charge on any atom is -0.319 e. The van der Waals surface area contributed by atoms with Gasteiger partial charge in [0.15, 0.2) is 0 Å². The Labute approximate surface area is 117 Å². The number of carbonyl (C=O) groups excluding carboxylic acids is 1. The van der Waals surface area contributed by atoms with E-state index in [1.165, 1.54) is 0 Å². The van der Waals surface area contributed by atoms with Crippen LogP contribution in [0.3, 0.4) is 0 Å². The van der Waals surface area contributed by atoms with E-state index in [0.29, 0.717) is 11.2 Å². The lowest BCUT2D eigenvalue weighted by atomic mass is 10.3. The molecule has 0 unspecified atom stereocenters. The molecule has 21 heavy (non-hydrogen) atoms. The molecule has 0 saturated heterocycles. The first-order valence-electron chi connectivity index (χ1n) is 6.13. The van der Waals surface area contributed by atoms with Gasteiger partial charge in [0.05, 0.1) is 17.4 Å². The Bertz CT molecular complexity index is 808. The molecule has 6 nitrogen and oxygen atoms in total. The maximum absolute atomic E-state index is 12.7. The number of aromatic amines is 1. The fourth-order valence-corrected chi connectivity index (χ4v) is 2.07. The molecule has 108 valence electrons. The molecule has 0 atom stereocenters. The van der Waals surface area contributed by atoms with Gasteiger partial charge in [-0.3, -0.25) is 9.89 Å². The van der Waals surface area contributed by atoms with Crippen molar-refractivity contribution in [1.29, 1.82) is 0 Å². The first-order chi connectivity index (χ1) is 10.1. The van der Waals surface area contributed by atoms with Gasteiger partial charge in [0, 0.05) is 18.1 Å². The summed E-state index contributed by atoms with van der Waals surface area (Å²) in [6.07, 6.45) is 1.70. The number of aromatic nitrogens is 4. The minimum atomic E-state index is -2.74. The molecular weight excluding hydrogens is 280 g/mol. The molecular formula is C13H11F2N5O. The number of fused-ring (bicyclic) bond motifs is 1. The third-order valence-electron chi connectivity index (χ3n) is 3.13. The van der Waals surface area contributed by atoms with E-state index >= 15 is 0 Å². The van der Waals surface area contributed by atoms with Gasteiger partial charge in [-0.25, -0.2) is 13.8 Å². The van der Waals surface area contributed by atoms with Crippen LogP contribution in [0, 0.1) is 6.92 Å². The lowest BCUT2D eigenvalue weighted by Gasteiger charge is -2.05. The van der Waals surface area contributed by atoms with Crippen molar-refractivity contribution in [2.24, 2.45) is 0 Å². The number of alkyl halides is 2. The van der Waals surface area contributed by atoms with Gasteiger partial charge in [-0.2, -0.15) is 5.10 Å². The van der Waals surface area contributed by atoms with Crippen LogP contribution in [0.4, 0.5) is 14.5 Å². The van der Waals surface area contributed by atoms with E-state index in [1.54, 1.807) is 28.9 Å². The van der Waals surface area contributed by atoms with Crippen LogP contribution < -0.4 is 5.32 Å². The Kier molecular flexibility index (Phi) is 3.13. The van der Waals surface area contributed by atoms with Crippen LogP contribution in [-0.4, -0.2) is 25.5 Å². The highest BCUT2D eigenvalue weighted by molar-refractivity contribution is 6.08. The van der Waals surface area contributed by atoms with Crippen LogP contribution >= 0.6 is 0 Å². The summed E-state index contributed by atoms with van der Waals surface area (Å²) in [6.45, 7) is 1.88. The summed E-state index contributed by atoms with van der Waals surface area (Å²) >= 11 is 0. The number of nitrogens with one attached hydrogen (secondary N) is 2. The number of amides is 1.